The molecule has 0 rings (SSSR count). The predicted molar refractivity (Wildman–Crippen MR) is 32.8 cm³/mol. The summed E-state index contributed by atoms with van der Waals surface area (Å²) in [5.74, 6) is -0.267. The van der Waals surface area contributed by atoms with Crippen molar-refractivity contribution >= 4 is 5.97 Å². The zero-order valence-corrected chi connectivity index (χ0v) is 5.42. The fraction of sp³-hybridized carbons (Fsp3) is 0.500. The van der Waals surface area contributed by atoms with E-state index in [9.17, 15) is 4.79 Å². The van der Waals surface area contributed by atoms with Crippen molar-refractivity contribution in [1.82, 2.24) is 0 Å². The van der Waals surface area contributed by atoms with Crippen LogP contribution in [0.25, 0.3) is 0 Å². The lowest BCUT2D eigenvalue weighted by Crippen LogP contribution is -2.03. The molecule has 0 aromatic rings. The molecule has 0 amide bonds. The highest BCUT2D eigenvalue weighted by atomic mass is 16.5. The van der Waals surface area contributed by atoms with E-state index in [-0.39, 0.29) is 12.4 Å². The molecule has 52 valence electrons. The minimum Gasteiger partial charge on any atom is -0.501 e. The van der Waals surface area contributed by atoms with Crippen LogP contribution in [-0.2, 0) is 14.3 Å². The summed E-state index contributed by atoms with van der Waals surface area (Å²) >= 11 is 0. The molecule has 0 fully saturated rings. The molecule has 0 heterocycles. The van der Waals surface area contributed by atoms with Gasteiger partial charge in [-0.1, -0.05) is 6.58 Å². The molecular formula is C6H10O3. The van der Waals surface area contributed by atoms with Crippen molar-refractivity contribution in [3.05, 3.63) is 12.8 Å². The Hall–Kier alpha value is -0.990. The normalized spacial score (nSPS) is 8.11. The van der Waals surface area contributed by atoms with Crippen molar-refractivity contribution in [2.45, 2.75) is 6.42 Å². The maximum atomic E-state index is 10.4. The number of esters is 1. The Balaban J connectivity index is 3.06. The summed E-state index contributed by atoms with van der Waals surface area (Å²) in [6.07, 6.45) is 1.57. The van der Waals surface area contributed by atoms with Crippen LogP contribution in [0.5, 0.6) is 0 Å². The van der Waals surface area contributed by atoms with Crippen LogP contribution in [-0.4, -0.2) is 19.7 Å². The summed E-state index contributed by atoms with van der Waals surface area (Å²) in [5, 5.41) is 0. The van der Waals surface area contributed by atoms with Crippen molar-refractivity contribution in [2.24, 2.45) is 0 Å². The van der Waals surface area contributed by atoms with E-state index in [1.54, 1.807) is 0 Å². The van der Waals surface area contributed by atoms with Gasteiger partial charge in [0.25, 0.3) is 0 Å². The van der Waals surface area contributed by atoms with E-state index < -0.39 is 0 Å². The van der Waals surface area contributed by atoms with Crippen LogP contribution < -0.4 is 0 Å². The highest BCUT2D eigenvalue weighted by molar-refractivity contribution is 5.69. The van der Waals surface area contributed by atoms with E-state index in [4.69, 9.17) is 0 Å². The van der Waals surface area contributed by atoms with Crippen molar-refractivity contribution in [1.29, 1.82) is 0 Å². The first-order valence-electron chi connectivity index (χ1n) is 2.60. The van der Waals surface area contributed by atoms with Crippen molar-refractivity contribution < 1.29 is 14.3 Å². The monoisotopic (exact) mass is 130 g/mol. The first-order chi connectivity index (χ1) is 4.31. The molecule has 9 heavy (non-hydrogen) atoms. The molecule has 3 heteroatoms. The smallest absolute Gasteiger partial charge is 0.308 e. The van der Waals surface area contributed by atoms with Gasteiger partial charge >= 0.3 is 5.97 Å². The minimum atomic E-state index is -0.267. The number of rotatable bonds is 4. The molecule has 3 nitrogen and oxygen atoms in total. The van der Waals surface area contributed by atoms with Crippen molar-refractivity contribution in [2.75, 3.05) is 13.7 Å². The second-order valence-corrected chi connectivity index (χ2v) is 1.36. The molecule has 0 bridgehead atoms. The summed E-state index contributed by atoms with van der Waals surface area (Å²) in [5.41, 5.74) is 0. The molecule has 0 atom stereocenters. The average molecular weight is 130 g/mol. The Morgan fingerprint density at radius 3 is 2.89 bits per heavy atom. The van der Waals surface area contributed by atoms with Gasteiger partial charge in [0.15, 0.2) is 0 Å². The molecule has 0 aliphatic carbocycles. The van der Waals surface area contributed by atoms with Gasteiger partial charge in [0, 0.05) is 0 Å². The van der Waals surface area contributed by atoms with Crippen LogP contribution in [0.15, 0.2) is 12.8 Å². The molecule has 0 saturated carbocycles. The molecule has 0 unspecified atom stereocenters. The molecule has 0 aromatic heterocycles. The third-order valence-corrected chi connectivity index (χ3v) is 0.770. The lowest BCUT2D eigenvalue weighted by atomic mass is 10.5. The lowest BCUT2D eigenvalue weighted by Gasteiger charge is -1.97. The van der Waals surface area contributed by atoms with Crippen LogP contribution in [0.1, 0.15) is 6.42 Å². The molecule has 0 aliphatic heterocycles. The number of methoxy groups -OCH3 is 1. The summed E-state index contributed by atoms with van der Waals surface area (Å²) in [6, 6.07) is 0. The number of ether oxygens (including phenoxy) is 2. The van der Waals surface area contributed by atoms with Gasteiger partial charge in [-0.05, 0) is 0 Å². The Bertz CT molecular complexity index is 98.5. The number of hydrogen-bond acceptors (Lipinski definition) is 3. The molecule has 0 N–H and O–H groups in total. The van der Waals surface area contributed by atoms with E-state index in [2.05, 4.69) is 16.1 Å². The number of hydrogen-bond donors (Lipinski definition) is 0. The van der Waals surface area contributed by atoms with Crippen molar-refractivity contribution in [3.8, 4) is 0 Å². The van der Waals surface area contributed by atoms with E-state index >= 15 is 0 Å². The largest absolute Gasteiger partial charge is 0.501 e. The van der Waals surface area contributed by atoms with E-state index in [0.717, 1.165) is 0 Å². The van der Waals surface area contributed by atoms with E-state index in [1.807, 2.05) is 0 Å². The van der Waals surface area contributed by atoms with Crippen LogP contribution >= 0.6 is 0 Å². The Labute approximate surface area is 54.3 Å². The van der Waals surface area contributed by atoms with Crippen molar-refractivity contribution in [3.63, 3.8) is 0 Å². The first-order valence-corrected chi connectivity index (χ1v) is 2.60. The van der Waals surface area contributed by atoms with Crippen LogP contribution in [0.2, 0.25) is 0 Å². The second-order valence-electron chi connectivity index (χ2n) is 1.36. The Morgan fingerprint density at radius 2 is 2.44 bits per heavy atom. The molecule has 0 radical (unpaired) electrons. The molecule has 0 saturated heterocycles. The van der Waals surface area contributed by atoms with Crippen LogP contribution in [0, 0.1) is 0 Å². The average Bonchev–Trinajstić information content (AvgIpc) is 1.89. The van der Waals surface area contributed by atoms with Gasteiger partial charge in [0.05, 0.1) is 26.4 Å². The zero-order valence-electron chi connectivity index (χ0n) is 5.42. The molecule has 0 aliphatic rings. The highest BCUT2D eigenvalue weighted by Crippen LogP contribution is 1.84. The Morgan fingerprint density at radius 1 is 1.78 bits per heavy atom. The quantitative estimate of drug-likeness (QED) is 0.319. The fourth-order valence-corrected chi connectivity index (χ4v) is 0.328. The van der Waals surface area contributed by atoms with Gasteiger partial charge < -0.3 is 9.47 Å². The Kier molecular flexibility index (Phi) is 4.59. The maximum Gasteiger partial charge on any atom is 0.308 e. The number of carbonyl (C=O) groups is 1. The SMILES string of the molecule is C=COCCC(=O)OC. The van der Waals surface area contributed by atoms with Gasteiger partial charge in [-0.2, -0.15) is 0 Å². The maximum absolute atomic E-state index is 10.4. The molecular weight excluding hydrogens is 120 g/mol. The van der Waals surface area contributed by atoms with Gasteiger partial charge in [0.1, 0.15) is 0 Å². The standard InChI is InChI=1S/C6H10O3/c1-3-9-5-4-6(7)8-2/h3H,1,4-5H2,2H3. The predicted octanol–water partition coefficient (Wildman–Crippen LogP) is 0.710. The zero-order chi connectivity index (χ0) is 7.11. The highest BCUT2D eigenvalue weighted by Gasteiger charge is 1.96. The topological polar surface area (TPSA) is 35.5 Å². The van der Waals surface area contributed by atoms with Gasteiger partial charge in [-0.15, -0.1) is 0 Å². The third kappa shape index (κ3) is 4.87. The molecule has 0 aromatic carbocycles. The third-order valence-electron chi connectivity index (χ3n) is 0.770. The van der Waals surface area contributed by atoms with Crippen LogP contribution in [0.4, 0.5) is 0 Å². The summed E-state index contributed by atoms with van der Waals surface area (Å²) in [4.78, 5) is 10.4. The number of carbonyl (C=O) groups excluding carboxylic acids is 1. The van der Waals surface area contributed by atoms with Gasteiger partial charge in [0.2, 0.25) is 0 Å². The lowest BCUT2D eigenvalue weighted by molar-refractivity contribution is -0.141. The fourth-order valence-electron chi connectivity index (χ4n) is 0.328. The van der Waals surface area contributed by atoms with Gasteiger partial charge in [-0.3, -0.25) is 4.79 Å². The summed E-state index contributed by atoms with van der Waals surface area (Å²) in [6.45, 7) is 3.65. The first kappa shape index (κ1) is 8.01. The molecule has 0 spiro atoms. The summed E-state index contributed by atoms with van der Waals surface area (Å²) < 4.78 is 9.01. The van der Waals surface area contributed by atoms with E-state index in [0.29, 0.717) is 6.61 Å². The summed E-state index contributed by atoms with van der Waals surface area (Å²) in [7, 11) is 1.34. The van der Waals surface area contributed by atoms with Gasteiger partial charge in [-0.25, -0.2) is 0 Å². The van der Waals surface area contributed by atoms with Crippen LogP contribution in [0.3, 0.4) is 0 Å². The second kappa shape index (κ2) is 5.15. The minimum absolute atomic E-state index is 0.267. The van der Waals surface area contributed by atoms with E-state index in [1.165, 1.54) is 13.4 Å².